The number of benzene rings is 1. The number of nitrogens with one attached hydrogen (secondary N) is 2. The van der Waals surface area contributed by atoms with Crippen molar-refractivity contribution < 1.29 is 14.3 Å². The first-order valence-corrected chi connectivity index (χ1v) is 5.65. The third kappa shape index (κ3) is 4.68. The highest BCUT2D eigenvalue weighted by molar-refractivity contribution is 5.90. The van der Waals surface area contributed by atoms with E-state index in [1.165, 1.54) is 14.0 Å². The number of rotatable bonds is 5. The van der Waals surface area contributed by atoms with Crippen LogP contribution in [0.3, 0.4) is 0 Å². The number of amides is 2. The fraction of sp³-hybridized carbons (Fsp3) is 0.308. The van der Waals surface area contributed by atoms with E-state index in [2.05, 4.69) is 10.6 Å². The SMILES string of the molecule is COc1ccc(CC(=O)NCC#N)cc1NC(C)=O. The molecule has 0 aromatic heterocycles. The van der Waals surface area contributed by atoms with Crippen LogP contribution in [-0.2, 0) is 16.0 Å². The number of carbonyl (C=O) groups is 2. The lowest BCUT2D eigenvalue weighted by Gasteiger charge is -2.10. The molecule has 2 N–H and O–H groups in total. The largest absolute Gasteiger partial charge is 0.495 e. The summed E-state index contributed by atoms with van der Waals surface area (Å²) in [5.41, 5.74) is 1.24. The van der Waals surface area contributed by atoms with Gasteiger partial charge < -0.3 is 15.4 Å². The Balaban J connectivity index is 2.83. The van der Waals surface area contributed by atoms with E-state index in [1.54, 1.807) is 18.2 Å². The van der Waals surface area contributed by atoms with Gasteiger partial charge >= 0.3 is 0 Å². The second kappa shape index (κ2) is 7.01. The lowest BCUT2D eigenvalue weighted by Crippen LogP contribution is -2.25. The standard InChI is InChI=1S/C13H15N3O3/c1-9(17)16-11-7-10(3-4-12(11)19-2)8-13(18)15-6-5-14/h3-4,7H,6,8H2,1-2H3,(H,15,18)(H,16,17). The molecule has 0 heterocycles. The van der Waals surface area contributed by atoms with Crippen molar-refractivity contribution >= 4 is 17.5 Å². The van der Waals surface area contributed by atoms with Crippen LogP contribution in [-0.4, -0.2) is 25.5 Å². The number of ether oxygens (including phenoxy) is 1. The summed E-state index contributed by atoms with van der Waals surface area (Å²) in [4.78, 5) is 22.6. The first kappa shape index (κ1) is 14.5. The van der Waals surface area contributed by atoms with Gasteiger partial charge in [0, 0.05) is 6.92 Å². The van der Waals surface area contributed by atoms with Gasteiger partial charge in [-0.15, -0.1) is 0 Å². The van der Waals surface area contributed by atoms with E-state index in [0.29, 0.717) is 11.4 Å². The highest BCUT2D eigenvalue weighted by Crippen LogP contribution is 2.25. The van der Waals surface area contributed by atoms with E-state index in [4.69, 9.17) is 10.00 Å². The maximum Gasteiger partial charge on any atom is 0.225 e. The van der Waals surface area contributed by atoms with Gasteiger partial charge in [-0.3, -0.25) is 9.59 Å². The maximum absolute atomic E-state index is 11.5. The van der Waals surface area contributed by atoms with Gasteiger partial charge in [0.2, 0.25) is 11.8 Å². The monoisotopic (exact) mass is 261 g/mol. The number of anilines is 1. The molecule has 0 spiro atoms. The molecule has 0 bridgehead atoms. The predicted octanol–water partition coefficient (Wildman–Crippen LogP) is 0.836. The molecule has 6 heteroatoms. The van der Waals surface area contributed by atoms with Crippen molar-refractivity contribution in [1.29, 1.82) is 5.26 Å². The van der Waals surface area contributed by atoms with Crippen molar-refractivity contribution in [3.05, 3.63) is 23.8 Å². The minimum Gasteiger partial charge on any atom is -0.495 e. The Morgan fingerprint density at radius 2 is 2.16 bits per heavy atom. The summed E-state index contributed by atoms with van der Waals surface area (Å²) < 4.78 is 5.11. The van der Waals surface area contributed by atoms with E-state index >= 15 is 0 Å². The van der Waals surface area contributed by atoms with Gasteiger partial charge in [0.1, 0.15) is 12.3 Å². The molecule has 0 aliphatic heterocycles. The summed E-state index contributed by atoms with van der Waals surface area (Å²) in [5, 5.41) is 13.4. The first-order valence-electron chi connectivity index (χ1n) is 5.65. The van der Waals surface area contributed by atoms with Crippen LogP contribution in [0.5, 0.6) is 5.75 Å². The molecule has 6 nitrogen and oxygen atoms in total. The number of nitrogens with zero attached hydrogens (tertiary/aromatic N) is 1. The van der Waals surface area contributed by atoms with Gasteiger partial charge in [-0.2, -0.15) is 5.26 Å². The average molecular weight is 261 g/mol. The second-order valence-corrected chi connectivity index (χ2v) is 3.83. The second-order valence-electron chi connectivity index (χ2n) is 3.83. The molecular weight excluding hydrogens is 246 g/mol. The molecule has 0 radical (unpaired) electrons. The molecule has 0 aliphatic carbocycles. The summed E-state index contributed by atoms with van der Waals surface area (Å²) in [5.74, 6) is 0.0567. The van der Waals surface area contributed by atoms with Crippen molar-refractivity contribution in [2.24, 2.45) is 0 Å². The molecule has 1 aromatic rings. The molecule has 19 heavy (non-hydrogen) atoms. The highest BCUT2D eigenvalue weighted by Gasteiger charge is 2.08. The minimum atomic E-state index is -0.250. The maximum atomic E-state index is 11.5. The first-order chi connectivity index (χ1) is 9.06. The third-order valence-electron chi connectivity index (χ3n) is 2.30. The van der Waals surface area contributed by atoms with Crippen molar-refractivity contribution in [3.63, 3.8) is 0 Å². The number of hydrogen-bond donors (Lipinski definition) is 2. The van der Waals surface area contributed by atoms with E-state index in [0.717, 1.165) is 5.56 Å². The summed E-state index contributed by atoms with van der Waals surface area (Å²) in [6.45, 7) is 1.37. The average Bonchev–Trinajstić information content (AvgIpc) is 2.36. The Kier molecular flexibility index (Phi) is 5.35. The van der Waals surface area contributed by atoms with Crippen LogP contribution in [0.25, 0.3) is 0 Å². The minimum absolute atomic E-state index is 0.0203. The molecule has 0 saturated carbocycles. The Labute approximate surface area is 111 Å². The van der Waals surface area contributed by atoms with Crippen LogP contribution in [0.1, 0.15) is 12.5 Å². The van der Waals surface area contributed by atoms with Crippen LogP contribution in [0, 0.1) is 11.3 Å². The lowest BCUT2D eigenvalue weighted by atomic mass is 10.1. The van der Waals surface area contributed by atoms with Crippen LogP contribution in [0.2, 0.25) is 0 Å². The van der Waals surface area contributed by atoms with Crippen molar-refractivity contribution in [2.75, 3.05) is 19.0 Å². The van der Waals surface area contributed by atoms with Crippen molar-refractivity contribution in [1.82, 2.24) is 5.32 Å². The zero-order valence-electron chi connectivity index (χ0n) is 10.8. The Morgan fingerprint density at radius 3 is 2.74 bits per heavy atom. The molecule has 1 aromatic carbocycles. The molecule has 0 atom stereocenters. The van der Waals surface area contributed by atoms with Crippen LogP contribution in [0.4, 0.5) is 5.69 Å². The van der Waals surface area contributed by atoms with Crippen LogP contribution in [0.15, 0.2) is 18.2 Å². The summed E-state index contributed by atoms with van der Waals surface area (Å²) in [6.07, 6.45) is 0.137. The van der Waals surface area contributed by atoms with E-state index in [1.807, 2.05) is 6.07 Å². The van der Waals surface area contributed by atoms with Gasteiger partial charge in [0.15, 0.2) is 0 Å². The van der Waals surface area contributed by atoms with E-state index in [-0.39, 0.29) is 24.8 Å². The number of carbonyl (C=O) groups excluding carboxylic acids is 2. The van der Waals surface area contributed by atoms with Gasteiger partial charge in [-0.1, -0.05) is 6.07 Å². The third-order valence-corrected chi connectivity index (χ3v) is 2.30. The van der Waals surface area contributed by atoms with Gasteiger partial charge in [-0.05, 0) is 17.7 Å². The number of methoxy groups -OCH3 is 1. The van der Waals surface area contributed by atoms with Crippen LogP contribution < -0.4 is 15.4 Å². The Hall–Kier alpha value is -2.55. The summed E-state index contributed by atoms with van der Waals surface area (Å²) >= 11 is 0. The van der Waals surface area contributed by atoms with E-state index in [9.17, 15) is 9.59 Å². The predicted molar refractivity (Wildman–Crippen MR) is 69.6 cm³/mol. The quantitative estimate of drug-likeness (QED) is 0.768. The van der Waals surface area contributed by atoms with Gasteiger partial charge in [0.05, 0.1) is 25.3 Å². The van der Waals surface area contributed by atoms with E-state index < -0.39 is 0 Å². The number of hydrogen-bond acceptors (Lipinski definition) is 4. The molecule has 1 rings (SSSR count). The molecule has 0 unspecified atom stereocenters. The fourth-order valence-electron chi connectivity index (χ4n) is 1.54. The number of nitriles is 1. The lowest BCUT2D eigenvalue weighted by molar-refractivity contribution is -0.120. The Bertz CT molecular complexity index is 520. The van der Waals surface area contributed by atoms with Gasteiger partial charge in [-0.25, -0.2) is 0 Å². The molecule has 2 amide bonds. The zero-order valence-corrected chi connectivity index (χ0v) is 10.8. The normalized spacial score (nSPS) is 9.32. The van der Waals surface area contributed by atoms with Crippen LogP contribution >= 0.6 is 0 Å². The molecule has 0 aliphatic rings. The molecule has 0 fully saturated rings. The zero-order chi connectivity index (χ0) is 14.3. The molecule has 0 saturated heterocycles. The van der Waals surface area contributed by atoms with Crippen molar-refractivity contribution in [3.8, 4) is 11.8 Å². The van der Waals surface area contributed by atoms with Crippen molar-refractivity contribution in [2.45, 2.75) is 13.3 Å². The highest BCUT2D eigenvalue weighted by atomic mass is 16.5. The van der Waals surface area contributed by atoms with Gasteiger partial charge in [0.25, 0.3) is 0 Å². The smallest absolute Gasteiger partial charge is 0.225 e. The summed E-state index contributed by atoms with van der Waals surface area (Å²) in [6, 6.07) is 6.91. The fourth-order valence-corrected chi connectivity index (χ4v) is 1.54. The molecule has 100 valence electrons. The topological polar surface area (TPSA) is 91.2 Å². The summed E-state index contributed by atoms with van der Waals surface area (Å²) in [7, 11) is 1.50. The Morgan fingerprint density at radius 1 is 1.42 bits per heavy atom. The molecular formula is C13H15N3O3.